The molecule has 1 aromatic heterocycles. The Kier molecular flexibility index (Phi) is 18.2. The lowest BCUT2D eigenvalue weighted by atomic mass is 10.2. The lowest BCUT2D eigenvalue weighted by Gasteiger charge is -2.15. The molecule has 59 heavy (non-hydrogen) atoms. The van der Waals surface area contributed by atoms with Gasteiger partial charge in [0, 0.05) is 23.8 Å². The molecule has 4 aromatic rings. The molecule has 0 fully saturated rings. The third kappa shape index (κ3) is 15.0. The number of nitrogen functional groups attached to an aromatic ring is 1. The monoisotopic (exact) mass is 908 g/mol. The molecule has 4 rings (SSSR count). The van der Waals surface area contributed by atoms with Gasteiger partial charge in [-0.15, -0.1) is 0 Å². The minimum Gasteiger partial charge on any atom is -0.489 e. The van der Waals surface area contributed by atoms with Gasteiger partial charge < -0.3 is 19.6 Å². The molecule has 4 N–H and O–H groups in total. The molecule has 0 spiro atoms. The average Bonchev–Trinajstić information content (AvgIpc) is 3.09. The maximum Gasteiger partial charge on any atom is 0.455 e. The van der Waals surface area contributed by atoms with Crippen LogP contribution >= 0.6 is 34.8 Å². The van der Waals surface area contributed by atoms with E-state index in [4.69, 9.17) is 54.9 Å². The fourth-order valence-electron chi connectivity index (χ4n) is 4.20. The van der Waals surface area contributed by atoms with Crippen LogP contribution in [0.25, 0.3) is 5.69 Å². The summed E-state index contributed by atoms with van der Waals surface area (Å²) in [5.74, 6) is 1.31. The highest BCUT2D eigenvalue weighted by molar-refractivity contribution is 6.33. The van der Waals surface area contributed by atoms with E-state index in [0.717, 1.165) is 37.3 Å². The molecule has 324 valence electrons. The Morgan fingerprint density at radius 3 is 1.61 bits per heavy atom. The minimum absolute atomic E-state index is 0.00194. The molecule has 0 saturated heterocycles. The van der Waals surface area contributed by atoms with Crippen LogP contribution in [0.2, 0.25) is 15.1 Å². The Morgan fingerprint density at radius 2 is 1.19 bits per heavy atom. The van der Waals surface area contributed by atoms with E-state index in [0.29, 0.717) is 16.6 Å². The number of carbonyl (C=O) groups excluding carboxylic acids is 1. The first kappa shape index (κ1) is 50.2. The van der Waals surface area contributed by atoms with Crippen molar-refractivity contribution in [3.63, 3.8) is 0 Å². The van der Waals surface area contributed by atoms with Crippen LogP contribution in [0.5, 0.6) is 17.2 Å². The fraction of sp³-hybridized carbons (Fsp3) is 0.333. The molecular formula is C36H36Cl3F9N6O5. The van der Waals surface area contributed by atoms with E-state index in [-0.39, 0.29) is 68.2 Å². The molecule has 0 aliphatic heterocycles. The number of rotatable bonds is 11. The number of ketones is 1. The third-order valence-electron chi connectivity index (χ3n) is 6.69. The highest BCUT2D eigenvalue weighted by Gasteiger charge is 2.37. The number of hydrazine groups is 1. The Balaban J connectivity index is 0.000000316. The number of aromatic nitrogens is 2. The Morgan fingerprint density at radius 1 is 0.763 bits per heavy atom. The average molecular weight is 910 g/mol. The van der Waals surface area contributed by atoms with Crippen molar-refractivity contribution in [3.05, 3.63) is 96.6 Å². The summed E-state index contributed by atoms with van der Waals surface area (Å²) in [5.41, 5.74) is 0.908. The molecule has 0 atom stereocenters. The van der Waals surface area contributed by atoms with E-state index in [1.54, 1.807) is 27.7 Å². The van der Waals surface area contributed by atoms with E-state index >= 15 is 0 Å². The predicted molar refractivity (Wildman–Crippen MR) is 206 cm³/mol. The summed E-state index contributed by atoms with van der Waals surface area (Å²) in [6.45, 7) is 11.6. The van der Waals surface area contributed by atoms with Crippen molar-refractivity contribution in [2.45, 2.75) is 79.1 Å². The molecule has 0 radical (unpaired) electrons. The Labute approximate surface area is 346 Å². The number of halogens is 12. The van der Waals surface area contributed by atoms with Gasteiger partial charge in [-0.1, -0.05) is 34.8 Å². The number of alkyl halides is 6. The Bertz CT molecular complexity index is 2180. The number of ether oxygens (including phenoxy) is 3. The van der Waals surface area contributed by atoms with Crippen molar-refractivity contribution < 1.29 is 58.5 Å². The number of hydrogen-bond acceptors (Lipinski definition) is 10. The van der Waals surface area contributed by atoms with Crippen molar-refractivity contribution in [1.29, 1.82) is 0 Å². The van der Waals surface area contributed by atoms with E-state index in [1.807, 2.05) is 19.3 Å². The van der Waals surface area contributed by atoms with Crippen LogP contribution in [-0.4, -0.2) is 46.3 Å². The van der Waals surface area contributed by atoms with Crippen LogP contribution in [0.1, 0.15) is 52.7 Å². The zero-order chi connectivity index (χ0) is 45.2. The summed E-state index contributed by atoms with van der Waals surface area (Å²) >= 11 is 17.4. The molecule has 0 aliphatic carbocycles. The summed E-state index contributed by atoms with van der Waals surface area (Å²) in [5, 5.41) is 6.67. The number of nitrogens with one attached hydrogen (secondary N) is 2. The normalized spacial score (nSPS) is 11.6. The highest BCUT2D eigenvalue weighted by Crippen LogP contribution is 2.34. The van der Waals surface area contributed by atoms with Crippen molar-refractivity contribution in [1.82, 2.24) is 9.78 Å². The maximum atomic E-state index is 14.1. The van der Waals surface area contributed by atoms with Gasteiger partial charge in [-0.3, -0.25) is 20.9 Å². The standard InChI is InChI=1S/C15H13ClF4N2O2.C12H11ClF4N2O2.C9H12ClFN2O/c1-7(2)24-13-5-12(11(17)4-10(13)16)22-14(23)8(3)9(6-21-22)15(18,19)20;1-6(2)21-10-4-9(8(14)3-7(10)13)19-18-5-11(20)12(15,16)17;1-5(2)14-9-4-8(13-12)7(11)3-6(9)10/h4-7H,1-3H3;3-6,19H,1-2H3;3-5,13H,12H2,1-2H3/b;18-5+;. The van der Waals surface area contributed by atoms with Crippen molar-refractivity contribution in [3.8, 4) is 22.9 Å². The Hall–Kier alpha value is -4.92. The van der Waals surface area contributed by atoms with Crippen LogP contribution < -0.4 is 36.5 Å². The number of benzene rings is 3. The number of hydrogen-bond donors (Lipinski definition) is 3. The number of anilines is 2. The van der Waals surface area contributed by atoms with Crippen LogP contribution in [0.3, 0.4) is 0 Å². The molecule has 0 bridgehead atoms. The van der Waals surface area contributed by atoms with Gasteiger partial charge in [-0.25, -0.2) is 13.2 Å². The first-order valence-electron chi connectivity index (χ1n) is 16.7. The van der Waals surface area contributed by atoms with Gasteiger partial charge in [-0.2, -0.15) is 41.2 Å². The highest BCUT2D eigenvalue weighted by atomic mass is 35.5. The van der Waals surface area contributed by atoms with Crippen molar-refractivity contribution >= 4 is 58.2 Å². The topological polar surface area (TPSA) is 142 Å². The molecule has 3 aromatic carbocycles. The van der Waals surface area contributed by atoms with Crippen LogP contribution in [0, 0.1) is 24.4 Å². The summed E-state index contributed by atoms with van der Waals surface area (Å²) < 4.78 is 132. The van der Waals surface area contributed by atoms with Crippen LogP contribution in [0.15, 0.2) is 52.5 Å². The number of nitrogens with zero attached hydrogens (tertiary/aromatic N) is 3. The van der Waals surface area contributed by atoms with Crippen molar-refractivity contribution in [2.24, 2.45) is 10.9 Å². The smallest absolute Gasteiger partial charge is 0.455 e. The molecule has 1 heterocycles. The second-order valence-electron chi connectivity index (χ2n) is 12.5. The second-order valence-corrected chi connectivity index (χ2v) is 13.8. The molecule has 0 unspecified atom stereocenters. The molecule has 0 aliphatic rings. The number of hydrazone groups is 1. The number of carbonyl (C=O) groups is 1. The quantitative estimate of drug-likeness (QED) is 0.0580. The number of Topliss-reactive ketones (excluding diaryl/α,β-unsaturated/α-hetero) is 1. The summed E-state index contributed by atoms with van der Waals surface area (Å²) in [4.78, 5) is 22.7. The van der Waals surface area contributed by atoms with E-state index in [2.05, 4.69) is 15.6 Å². The van der Waals surface area contributed by atoms with Crippen LogP contribution in [0.4, 0.5) is 50.9 Å². The fourth-order valence-corrected chi connectivity index (χ4v) is 4.78. The molecule has 0 saturated carbocycles. The number of nitrogens with two attached hydrogens (primary N) is 1. The maximum absolute atomic E-state index is 14.1. The first-order chi connectivity index (χ1) is 27.2. The first-order valence-corrected chi connectivity index (χ1v) is 17.8. The van der Waals surface area contributed by atoms with E-state index < -0.39 is 52.3 Å². The predicted octanol–water partition coefficient (Wildman–Crippen LogP) is 10.5. The molecule has 0 amide bonds. The third-order valence-corrected chi connectivity index (χ3v) is 7.57. The van der Waals surface area contributed by atoms with Gasteiger partial charge in [0.1, 0.15) is 34.6 Å². The van der Waals surface area contributed by atoms with Gasteiger partial charge in [0.25, 0.3) is 11.3 Å². The zero-order valence-corrected chi connectivity index (χ0v) is 34.1. The van der Waals surface area contributed by atoms with Gasteiger partial charge >= 0.3 is 12.4 Å². The van der Waals surface area contributed by atoms with E-state index in [9.17, 15) is 49.1 Å². The minimum atomic E-state index is -5.03. The van der Waals surface area contributed by atoms with Gasteiger partial charge in [-0.05, 0) is 66.7 Å². The van der Waals surface area contributed by atoms with Gasteiger partial charge in [0.05, 0.1) is 62.7 Å². The SMILES string of the molecule is CC(C)Oc1cc(N/N=C/C(=O)C(F)(F)F)c(F)cc1Cl.CC(C)Oc1cc(NN)c(F)cc1Cl.Cc1c(C(F)(F)F)cnn(-c2cc(OC(C)C)c(Cl)cc2F)c1=O. The largest absolute Gasteiger partial charge is 0.489 e. The summed E-state index contributed by atoms with van der Waals surface area (Å²) in [6, 6.07) is 6.68. The molecule has 11 nitrogen and oxygen atoms in total. The molecule has 23 heteroatoms. The molecular weight excluding hydrogens is 874 g/mol. The van der Waals surface area contributed by atoms with Crippen molar-refractivity contribution in [2.75, 3.05) is 10.9 Å². The lowest BCUT2D eigenvalue weighted by Crippen LogP contribution is -2.28. The van der Waals surface area contributed by atoms with Crippen LogP contribution in [-0.2, 0) is 11.0 Å². The summed E-state index contributed by atoms with van der Waals surface area (Å²) in [6.07, 6.45) is -9.81. The second kappa shape index (κ2) is 21.4. The lowest BCUT2D eigenvalue weighted by molar-refractivity contribution is -0.162. The van der Waals surface area contributed by atoms with Gasteiger partial charge in [0.2, 0.25) is 0 Å². The summed E-state index contributed by atoms with van der Waals surface area (Å²) in [7, 11) is 0. The zero-order valence-electron chi connectivity index (χ0n) is 31.8. The van der Waals surface area contributed by atoms with Gasteiger partial charge in [0.15, 0.2) is 5.82 Å². The van der Waals surface area contributed by atoms with E-state index in [1.165, 1.54) is 6.07 Å².